The van der Waals surface area contributed by atoms with E-state index in [0.717, 1.165) is 18.7 Å². The van der Waals surface area contributed by atoms with E-state index >= 15 is 0 Å². The van der Waals surface area contributed by atoms with Crippen LogP contribution >= 0.6 is 0 Å². The highest BCUT2D eigenvalue weighted by Gasteiger charge is 2.18. The summed E-state index contributed by atoms with van der Waals surface area (Å²) in [5, 5.41) is 0. The van der Waals surface area contributed by atoms with Gasteiger partial charge in [-0.2, -0.15) is 4.39 Å². The van der Waals surface area contributed by atoms with Crippen LogP contribution in [0, 0.1) is 5.95 Å². The van der Waals surface area contributed by atoms with Crippen molar-refractivity contribution < 1.29 is 9.13 Å². The lowest BCUT2D eigenvalue weighted by Gasteiger charge is -2.05. The Balaban J connectivity index is 2.21. The number of nitrogens with zero attached hydrogens (tertiary/aromatic N) is 1. The minimum absolute atomic E-state index is 0.292. The van der Waals surface area contributed by atoms with Crippen LogP contribution in [0.2, 0.25) is 0 Å². The maximum absolute atomic E-state index is 12.7. The van der Waals surface area contributed by atoms with Gasteiger partial charge in [-0.1, -0.05) is 6.07 Å². The van der Waals surface area contributed by atoms with Gasteiger partial charge in [0.1, 0.15) is 0 Å². The van der Waals surface area contributed by atoms with Crippen molar-refractivity contribution in [3.05, 3.63) is 29.8 Å². The van der Waals surface area contributed by atoms with Crippen LogP contribution < -0.4 is 0 Å². The molecule has 0 saturated carbocycles. The lowest BCUT2D eigenvalue weighted by Crippen LogP contribution is -2.01. The summed E-state index contributed by atoms with van der Waals surface area (Å²) in [4.78, 5) is 3.81. The number of ether oxygens (including phenoxy) is 1. The van der Waals surface area contributed by atoms with Gasteiger partial charge in [0.2, 0.25) is 5.95 Å². The van der Waals surface area contributed by atoms with Crippen molar-refractivity contribution in [3.8, 4) is 0 Å². The largest absolute Gasteiger partial charge is 0.381 e. The molecule has 1 atom stereocenters. The highest BCUT2D eigenvalue weighted by atomic mass is 19.1. The van der Waals surface area contributed by atoms with Gasteiger partial charge in [0.25, 0.3) is 0 Å². The highest BCUT2D eigenvalue weighted by Crippen LogP contribution is 2.22. The minimum atomic E-state index is -0.403. The van der Waals surface area contributed by atoms with Crippen molar-refractivity contribution >= 4 is 0 Å². The Labute approximate surface area is 70.4 Å². The van der Waals surface area contributed by atoms with E-state index in [0.29, 0.717) is 12.5 Å². The first-order chi connectivity index (χ1) is 5.86. The van der Waals surface area contributed by atoms with Gasteiger partial charge in [-0.15, -0.1) is 0 Å². The van der Waals surface area contributed by atoms with Gasteiger partial charge in [0, 0.05) is 18.2 Å². The zero-order valence-corrected chi connectivity index (χ0v) is 6.66. The van der Waals surface area contributed by atoms with E-state index in [2.05, 4.69) is 4.98 Å². The zero-order valence-electron chi connectivity index (χ0n) is 6.66. The van der Waals surface area contributed by atoms with Crippen LogP contribution in [0.3, 0.4) is 0 Å². The van der Waals surface area contributed by atoms with Crippen LogP contribution in [0.25, 0.3) is 0 Å². The Morgan fingerprint density at radius 3 is 3.08 bits per heavy atom. The van der Waals surface area contributed by atoms with Crippen molar-refractivity contribution in [2.75, 3.05) is 13.2 Å². The molecule has 1 saturated heterocycles. The molecule has 0 bridgehead atoms. The van der Waals surface area contributed by atoms with Crippen molar-refractivity contribution in [2.45, 2.75) is 12.3 Å². The smallest absolute Gasteiger partial charge is 0.213 e. The molecule has 0 amide bonds. The Kier molecular flexibility index (Phi) is 2.04. The van der Waals surface area contributed by atoms with E-state index in [1.165, 1.54) is 6.07 Å². The molecular weight excluding hydrogens is 157 g/mol. The third kappa shape index (κ3) is 1.46. The van der Waals surface area contributed by atoms with Crippen molar-refractivity contribution in [1.29, 1.82) is 0 Å². The first-order valence-electron chi connectivity index (χ1n) is 4.06. The van der Waals surface area contributed by atoms with E-state index in [-0.39, 0.29) is 0 Å². The molecule has 1 aromatic rings. The van der Waals surface area contributed by atoms with E-state index < -0.39 is 5.95 Å². The molecule has 0 radical (unpaired) electrons. The summed E-state index contributed by atoms with van der Waals surface area (Å²) in [6.07, 6.45) is 0.955. The summed E-state index contributed by atoms with van der Waals surface area (Å²) in [5.74, 6) is -0.111. The quantitative estimate of drug-likeness (QED) is 0.594. The number of rotatable bonds is 1. The molecule has 1 fully saturated rings. The van der Waals surface area contributed by atoms with Gasteiger partial charge < -0.3 is 4.74 Å². The third-order valence-corrected chi connectivity index (χ3v) is 2.08. The molecule has 64 valence electrons. The predicted octanol–water partition coefficient (Wildman–Crippen LogP) is 1.72. The van der Waals surface area contributed by atoms with Crippen molar-refractivity contribution in [1.82, 2.24) is 4.98 Å². The first-order valence-corrected chi connectivity index (χ1v) is 4.06. The standard InChI is InChI=1S/C9H10FNO/c10-9-3-1-2-8(11-9)7-4-5-12-6-7/h1-3,7H,4-6H2. The molecule has 0 spiro atoms. The van der Waals surface area contributed by atoms with E-state index in [1.807, 2.05) is 6.07 Å². The molecule has 3 heteroatoms. The molecule has 2 heterocycles. The maximum atomic E-state index is 12.7. The molecule has 2 rings (SSSR count). The molecule has 1 aromatic heterocycles. The Hall–Kier alpha value is -0.960. The Bertz CT molecular complexity index is 271. The van der Waals surface area contributed by atoms with Gasteiger partial charge in [0.15, 0.2) is 0 Å². The van der Waals surface area contributed by atoms with Crippen molar-refractivity contribution in [2.24, 2.45) is 0 Å². The molecule has 1 aliphatic rings. The Morgan fingerprint density at radius 2 is 2.42 bits per heavy atom. The van der Waals surface area contributed by atoms with Crippen LogP contribution in [0.5, 0.6) is 0 Å². The van der Waals surface area contributed by atoms with E-state index in [1.54, 1.807) is 6.07 Å². The third-order valence-electron chi connectivity index (χ3n) is 2.08. The fourth-order valence-corrected chi connectivity index (χ4v) is 1.42. The summed E-state index contributed by atoms with van der Waals surface area (Å²) in [6.45, 7) is 1.44. The number of aromatic nitrogens is 1. The molecule has 1 unspecified atom stereocenters. The summed E-state index contributed by atoms with van der Waals surface area (Å²) < 4.78 is 17.9. The zero-order chi connectivity index (χ0) is 8.39. The van der Waals surface area contributed by atoms with Crippen LogP contribution in [-0.2, 0) is 4.74 Å². The van der Waals surface area contributed by atoms with Crippen LogP contribution in [0.15, 0.2) is 18.2 Å². The van der Waals surface area contributed by atoms with Crippen molar-refractivity contribution in [3.63, 3.8) is 0 Å². The highest BCUT2D eigenvalue weighted by molar-refractivity contribution is 5.11. The number of hydrogen-bond donors (Lipinski definition) is 0. The summed E-state index contributed by atoms with van der Waals surface area (Å²) in [7, 11) is 0. The van der Waals surface area contributed by atoms with Crippen LogP contribution in [0.4, 0.5) is 4.39 Å². The first kappa shape index (κ1) is 7.68. The van der Waals surface area contributed by atoms with Gasteiger partial charge in [0.05, 0.1) is 6.61 Å². The maximum Gasteiger partial charge on any atom is 0.213 e. The molecule has 12 heavy (non-hydrogen) atoms. The molecule has 1 aliphatic heterocycles. The molecule has 2 nitrogen and oxygen atoms in total. The van der Waals surface area contributed by atoms with E-state index in [4.69, 9.17) is 4.74 Å². The number of pyridine rings is 1. The second-order valence-corrected chi connectivity index (χ2v) is 2.95. The Morgan fingerprint density at radius 1 is 1.50 bits per heavy atom. The lowest BCUT2D eigenvalue weighted by molar-refractivity contribution is 0.193. The SMILES string of the molecule is Fc1cccc(C2CCOC2)n1. The number of halogens is 1. The second-order valence-electron chi connectivity index (χ2n) is 2.95. The van der Waals surface area contributed by atoms with Crippen LogP contribution in [-0.4, -0.2) is 18.2 Å². The molecule has 0 aliphatic carbocycles. The predicted molar refractivity (Wildman–Crippen MR) is 42.4 cm³/mol. The van der Waals surface area contributed by atoms with Crippen LogP contribution in [0.1, 0.15) is 18.0 Å². The normalized spacial score (nSPS) is 22.9. The van der Waals surface area contributed by atoms with E-state index in [9.17, 15) is 4.39 Å². The monoisotopic (exact) mass is 167 g/mol. The number of hydrogen-bond acceptors (Lipinski definition) is 2. The topological polar surface area (TPSA) is 22.1 Å². The van der Waals surface area contributed by atoms with Gasteiger partial charge in [-0.05, 0) is 18.6 Å². The summed E-state index contributed by atoms with van der Waals surface area (Å²) in [6, 6.07) is 4.90. The van der Waals surface area contributed by atoms with Gasteiger partial charge in [-0.25, -0.2) is 4.98 Å². The lowest BCUT2D eigenvalue weighted by atomic mass is 10.0. The summed E-state index contributed by atoms with van der Waals surface area (Å²) in [5.41, 5.74) is 0.813. The molecular formula is C9H10FNO. The second kappa shape index (κ2) is 3.19. The fraction of sp³-hybridized carbons (Fsp3) is 0.444. The van der Waals surface area contributed by atoms with Gasteiger partial charge >= 0.3 is 0 Å². The van der Waals surface area contributed by atoms with Gasteiger partial charge in [-0.3, -0.25) is 0 Å². The summed E-state index contributed by atoms with van der Waals surface area (Å²) >= 11 is 0. The fourth-order valence-electron chi connectivity index (χ4n) is 1.42. The molecule has 0 aromatic carbocycles. The minimum Gasteiger partial charge on any atom is -0.381 e. The molecule has 0 N–H and O–H groups in total. The average molecular weight is 167 g/mol. The average Bonchev–Trinajstić information content (AvgIpc) is 2.56.